The number of nitrogens with zero attached hydrogens (tertiary/aromatic N) is 3. The molecule has 3 rings (SSSR count). The minimum atomic E-state index is -0.176. The first-order valence-corrected chi connectivity index (χ1v) is 9.38. The number of anilines is 2. The summed E-state index contributed by atoms with van der Waals surface area (Å²) in [4.78, 5) is 23.4. The van der Waals surface area contributed by atoms with Crippen molar-refractivity contribution in [2.45, 2.75) is 26.2 Å². The summed E-state index contributed by atoms with van der Waals surface area (Å²) in [6.45, 7) is 5.05. The van der Waals surface area contributed by atoms with Crippen molar-refractivity contribution in [3.8, 4) is 0 Å². The number of nitrogens with one attached hydrogen (secondary N) is 2. The lowest BCUT2D eigenvalue weighted by atomic mass is 10.1. The van der Waals surface area contributed by atoms with Gasteiger partial charge in [0.1, 0.15) is 17.5 Å². The molecule has 1 amide bonds. The Morgan fingerprint density at radius 1 is 1.15 bits per heavy atom. The van der Waals surface area contributed by atoms with Gasteiger partial charge in [0, 0.05) is 32.2 Å². The largest absolute Gasteiger partial charge is 0.368 e. The number of carbonyl (C=O) groups is 1. The number of amides is 1. The predicted octanol–water partition coefficient (Wildman–Crippen LogP) is 3.27. The van der Waals surface area contributed by atoms with Crippen LogP contribution in [0.15, 0.2) is 30.3 Å². The van der Waals surface area contributed by atoms with E-state index in [4.69, 9.17) is 11.6 Å². The van der Waals surface area contributed by atoms with Gasteiger partial charge in [-0.1, -0.05) is 23.7 Å². The molecular formula is C19H24ClN5O. The molecule has 1 aromatic heterocycles. The summed E-state index contributed by atoms with van der Waals surface area (Å²) < 4.78 is 0. The summed E-state index contributed by atoms with van der Waals surface area (Å²) in [5.41, 5.74) is 0.486. The van der Waals surface area contributed by atoms with Crippen LogP contribution < -0.4 is 15.5 Å². The van der Waals surface area contributed by atoms with Crippen molar-refractivity contribution in [2.75, 3.05) is 36.4 Å². The number of piperidine rings is 1. The van der Waals surface area contributed by atoms with Crippen LogP contribution in [0.1, 0.15) is 35.4 Å². The topological polar surface area (TPSA) is 70.2 Å². The Balaban J connectivity index is 1.52. The lowest BCUT2D eigenvalue weighted by Gasteiger charge is -2.28. The van der Waals surface area contributed by atoms with E-state index in [1.807, 2.05) is 13.0 Å². The molecule has 6 nitrogen and oxygen atoms in total. The number of rotatable bonds is 6. The SMILES string of the molecule is Cc1nc(NCCNC(=O)c2ccccc2Cl)cc(N2CCCCC2)n1. The van der Waals surface area contributed by atoms with Gasteiger partial charge in [-0.15, -0.1) is 0 Å². The van der Waals surface area contributed by atoms with Gasteiger partial charge in [0.2, 0.25) is 0 Å². The zero-order valence-corrected chi connectivity index (χ0v) is 15.7. The number of hydrogen-bond acceptors (Lipinski definition) is 5. The average Bonchev–Trinajstić information content (AvgIpc) is 2.66. The van der Waals surface area contributed by atoms with E-state index >= 15 is 0 Å². The van der Waals surface area contributed by atoms with Crippen LogP contribution in [0, 0.1) is 6.92 Å². The molecule has 0 atom stereocenters. The van der Waals surface area contributed by atoms with E-state index in [0.717, 1.165) is 30.5 Å². The van der Waals surface area contributed by atoms with Gasteiger partial charge in [-0.25, -0.2) is 9.97 Å². The maximum atomic E-state index is 12.1. The first-order valence-electron chi connectivity index (χ1n) is 9.01. The molecule has 0 radical (unpaired) electrons. The molecule has 0 spiro atoms. The van der Waals surface area contributed by atoms with Gasteiger partial charge in [-0.05, 0) is 38.3 Å². The molecule has 7 heteroatoms. The van der Waals surface area contributed by atoms with Crippen molar-refractivity contribution in [3.05, 3.63) is 46.7 Å². The van der Waals surface area contributed by atoms with Gasteiger partial charge in [-0.3, -0.25) is 4.79 Å². The molecular weight excluding hydrogens is 350 g/mol. The Kier molecular flexibility index (Phi) is 6.28. The number of hydrogen-bond donors (Lipinski definition) is 2. The third-order valence-corrected chi connectivity index (χ3v) is 4.67. The Hall–Kier alpha value is -2.34. The molecule has 1 aromatic carbocycles. The minimum absolute atomic E-state index is 0.176. The van der Waals surface area contributed by atoms with Crippen LogP contribution >= 0.6 is 11.6 Å². The van der Waals surface area contributed by atoms with Gasteiger partial charge >= 0.3 is 0 Å². The van der Waals surface area contributed by atoms with Crippen molar-refractivity contribution in [1.82, 2.24) is 15.3 Å². The van der Waals surface area contributed by atoms with Gasteiger partial charge in [0.15, 0.2) is 0 Å². The fourth-order valence-corrected chi connectivity index (χ4v) is 3.26. The zero-order chi connectivity index (χ0) is 18.4. The first kappa shape index (κ1) is 18.5. The smallest absolute Gasteiger partial charge is 0.252 e. The van der Waals surface area contributed by atoms with Gasteiger partial charge in [0.05, 0.1) is 10.6 Å². The second kappa shape index (κ2) is 8.85. The van der Waals surface area contributed by atoms with Crippen LogP contribution in [-0.4, -0.2) is 42.1 Å². The van der Waals surface area contributed by atoms with Crippen LogP contribution in [-0.2, 0) is 0 Å². The summed E-state index contributed by atoms with van der Waals surface area (Å²) in [5.74, 6) is 2.32. The van der Waals surface area contributed by atoms with E-state index in [9.17, 15) is 4.79 Å². The van der Waals surface area contributed by atoms with E-state index in [0.29, 0.717) is 23.7 Å². The normalized spacial score (nSPS) is 14.2. The molecule has 1 aliphatic heterocycles. The van der Waals surface area contributed by atoms with Gasteiger partial charge in [-0.2, -0.15) is 0 Å². The van der Waals surface area contributed by atoms with E-state index in [2.05, 4.69) is 25.5 Å². The van der Waals surface area contributed by atoms with E-state index < -0.39 is 0 Å². The average molecular weight is 374 g/mol. The van der Waals surface area contributed by atoms with Crippen LogP contribution in [0.4, 0.5) is 11.6 Å². The van der Waals surface area contributed by atoms with Crippen LogP contribution in [0.25, 0.3) is 0 Å². The van der Waals surface area contributed by atoms with Crippen molar-refractivity contribution in [1.29, 1.82) is 0 Å². The number of aryl methyl sites for hydroxylation is 1. The zero-order valence-electron chi connectivity index (χ0n) is 15.0. The highest BCUT2D eigenvalue weighted by atomic mass is 35.5. The van der Waals surface area contributed by atoms with Crippen LogP contribution in [0.2, 0.25) is 5.02 Å². The molecule has 2 N–H and O–H groups in total. The minimum Gasteiger partial charge on any atom is -0.368 e. The monoisotopic (exact) mass is 373 g/mol. The number of benzene rings is 1. The molecule has 0 saturated carbocycles. The lowest BCUT2D eigenvalue weighted by molar-refractivity contribution is 0.0955. The summed E-state index contributed by atoms with van der Waals surface area (Å²) in [6.07, 6.45) is 3.70. The molecule has 2 aromatic rings. The highest BCUT2D eigenvalue weighted by molar-refractivity contribution is 6.33. The Bertz CT molecular complexity index is 761. The fourth-order valence-electron chi connectivity index (χ4n) is 3.03. The summed E-state index contributed by atoms with van der Waals surface area (Å²) in [7, 11) is 0. The molecule has 0 unspecified atom stereocenters. The van der Waals surface area contributed by atoms with Gasteiger partial charge < -0.3 is 15.5 Å². The molecule has 1 saturated heterocycles. The van der Waals surface area contributed by atoms with E-state index in [-0.39, 0.29) is 5.91 Å². The Labute approximate surface area is 159 Å². The van der Waals surface area contributed by atoms with Gasteiger partial charge in [0.25, 0.3) is 5.91 Å². The Morgan fingerprint density at radius 3 is 2.69 bits per heavy atom. The predicted molar refractivity (Wildman–Crippen MR) is 105 cm³/mol. The lowest BCUT2D eigenvalue weighted by Crippen LogP contribution is -2.31. The maximum Gasteiger partial charge on any atom is 0.252 e. The highest BCUT2D eigenvalue weighted by Gasteiger charge is 2.14. The van der Waals surface area contributed by atoms with Crippen molar-refractivity contribution >= 4 is 29.1 Å². The quantitative estimate of drug-likeness (QED) is 0.760. The molecule has 138 valence electrons. The fraction of sp³-hybridized carbons (Fsp3) is 0.421. The summed E-state index contributed by atoms with van der Waals surface area (Å²) in [6, 6.07) is 9.00. The first-order chi connectivity index (χ1) is 12.6. The van der Waals surface area contributed by atoms with Crippen LogP contribution in [0.3, 0.4) is 0 Å². The number of aromatic nitrogens is 2. The molecule has 26 heavy (non-hydrogen) atoms. The van der Waals surface area contributed by atoms with Crippen LogP contribution in [0.5, 0.6) is 0 Å². The van der Waals surface area contributed by atoms with Crippen molar-refractivity contribution in [3.63, 3.8) is 0 Å². The molecule has 1 fully saturated rings. The highest BCUT2D eigenvalue weighted by Crippen LogP contribution is 2.20. The second-order valence-electron chi connectivity index (χ2n) is 6.37. The van der Waals surface area contributed by atoms with Crippen molar-refractivity contribution < 1.29 is 4.79 Å². The maximum absolute atomic E-state index is 12.1. The molecule has 0 bridgehead atoms. The standard InChI is InChI=1S/C19H24ClN5O/c1-14-23-17(13-18(24-14)25-11-5-2-6-12-25)21-9-10-22-19(26)15-7-3-4-8-16(15)20/h3-4,7-8,13H,2,5-6,9-12H2,1H3,(H,22,26)(H,21,23,24). The van der Waals surface area contributed by atoms with E-state index in [1.165, 1.54) is 19.3 Å². The van der Waals surface area contributed by atoms with Crippen molar-refractivity contribution in [2.24, 2.45) is 0 Å². The molecule has 0 aliphatic carbocycles. The third kappa shape index (κ3) is 4.85. The van der Waals surface area contributed by atoms with E-state index in [1.54, 1.807) is 24.3 Å². The number of carbonyl (C=O) groups excluding carboxylic acids is 1. The third-order valence-electron chi connectivity index (χ3n) is 4.34. The molecule has 1 aliphatic rings. The number of halogens is 1. The second-order valence-corrected chi connectivity index (χ2v) is 6.78. The summed E-state index contributed by atoms with van der Waals surface area (Å²) >= 11 is 6.04. The summed E-state index contributed by atoms with van der Waals surface area (Å²) in [5, 5.41) is 6.58. The molecule has 2 heterocycles. The Morgan fingerprint density at radius 2 is 1.92 bits per heavy atom.